The number of hydrogen-bond donors (Lipinski definition) is 0. The van der Waals surface area contributed by atoms with Gasteiger partial charge >= 0.3 is 0 Å². The largest absolute Gasteiger partial charge is 0.0622 e. The predicted octanol–water partition coefficient (Wildman–Crippen LogP) is 5.90. The first-order valence-electron chi connectivity index (χ1n) is 7.76. The van der Waals surface area contributed by atoms with Gasteiger partial charge in [-0.2, -0.15) is 0 Å². The molecule has 0 heteroatoms. The third-order valence-corrected chi connectivity index (χ3v) is 4.50. The van der Waals surface area contributed by atoms with E-state index in [0.29, 0.717) is 5.92 Å². The van der Waals surface area contributed by atoms with Crippen molar-refractivity contribution in [3.8, 4) is 11.1 Å². The van der Waals surface area contributed by atoms with E-state index in [1.165, 1.54) is 33.4 Å². The van der Waals surface area contributed by atoms with Gasteiger partial charge in [0.05, 0.1) is 0 Å². The molecule has 106 valence electrons. The van der Waals surface area contributed by atoms with E-state index in [2.05, 4.69) is 91.9 Å². The second-order valence-electron chi connectivity index (χ2n) is 5.90. The molecule has 0 saturated heterocycles. The molecule has 1 aliphatic rings. The summed E-state index contributed by atoms with van der Waals surface area (Å²) in [5.74, 6) is 0.368. The van der Waals surface area contributed by atoms with Crippen LogP contribution in [0.4, 0.5) is 0 Å². The van der Waals surface area contributed by atoms with Gasteiger partial charge < -0.3 is 0 Å². The van der Waals surface area contributed by atoms with Crippen LogP contribution in [-0.2, 0) is 0 Å². The van der Waals surface area contributed by atoms with Gasteiger partial charge in [0.15, 0.2) is 0 Å². The molecule has 0 amide bonds. The molecule has 0 aromatic heterocycles. The smallest absolute Gasteiger partial charge is 0.0311 e. The minimum atomic E-state index is 0.368. The molecule has 0 radical (unpaired) electrons. The molecule has 1 unspecified atom stereocenters. The van der Waals surface area contributed by atoms with E-state index in [1.54, 1.807) is 0 Å². The summed E-state index contributed by atoms with van der Waals surface area (Å²) in [6, 6.07) is 28.2. The van der Waals surface area contributed by atoms with E-state index in [0.717, 1.165) is 0 Å². The van der Waals surface area contributed by atoms with Crippen molar-refractivity contribution in [3.63, 3.8) is 0 Å². The number of benzene rings is 3. The maximum Gasteiger partial charge on any atom is 0.0311 e. The average Bonchev–Trinajstić information content (AvgIpc) is 2.91. The lowest BCUT2D eigenvalue weighted by molar-refractivity contribution is 0.979. The van der Waals surface area contributed by atoms with Gasteiger partial charge in [0.25, 0.3) is 0 Å². The first-order chi connectivity index (χ1) is 10.8. The van der Waals surface area contributed by atoms with Gasteiger partial charge in [-0.3, -0.25) is 0 Å². The van der Waals surface area contributed by atoms with Crippen LogP contribution in [0, 0.1) is 0 Å². The Morgan fingerprint density at radius 1 is 0.636 bits per heavy atom. The van der Waals surface area contributed by atoms with Crippen molar-refractivity contribution >= 4 is 6.08 Å². The van der Waals surface area contributed by atoms with Crippen LogP contribution in [0.5, 0.6) is 0 Å². The Labute approximate surface area is 131 Å². The molecule has 0 aliphatic heterocycles. The van der Waals surface area contributed by atoms with Crippen LogP contribution in [0.1, 0.15) is 29.5 Å². The van der Waals surface area contributed by atoms with Gasteiger partial charge in [-0.25, -0.2) is 0 Å². The predicted molar refractivity (Wildman–Crippen MR) is 93.8 cm³/mol. The van der Waals surface area contributed by atoms with Gasteiger partial charge in [-0.15, -0.1) is 0 Å². The summed E-state index contributed by atoms with van der Waals surface area (Å²) < 4.78 is 0. The number of rotatable bonds is 2. The quantitative estimate of drug-likeness (QED) is 0.548. The molecule has 22 heavy (non-hydrogen) atoms. The molecule has 0 spiro atoms. The molecular weight excluding hydrogens is 264 g/mol. The lowest BCUT2D eigenvalue weighted by atomic mass is 9.84. The van der Waals surface area contributed by atoms with E-state index in [4.69, 9.17) is 0 Å². The van der Waals surface area contributed by atoms with Crippen molar-refractivity contribution in [2.24, 2.45) is 0 Å². The molecular formula is C22H18. The van der Waals surface area contributed by atoms with Crippen LogP contribution < -0.4 is 0 Å². The van der Waals surface area contributed by atoms with Crippen molar-refractivity contribution in [1.82, 2.24) is 0 Å². The normalized spacial score (nSPS) is 16.2. The Hall–Kier alpha value is -2.60. The highest BCUT2D eigenvalue weighted by Crippen LogP contribution is 2.43. The number of allylic oxidation sites excluding steroid dienone is 1. The second kappa shape index (κ2) is 5.31. The molecule has 0 heterocycles. The van der Waals surface area contributed by atoms with Gasteiger partial charge in [-0.1, -0.05) is 90.5 Å². The third-order valence-electron chi connectivity index (χ3n) is 4.50. The fraction of sp³-hybridized carbons (Fsp3) is 0.0909. The van der Waals surface area contributed by atoms with Crippen molar-refractivity contribution in [3.05, 3.63) is 101 Å². The zero-order valence-electron chi connectivity index (χ0n) is 12.7. The van der Waals surface area contributed by atoms with E-state index in [-0.39, 0.29) is 0 Å². The molecule has 1 atom stereocenters. The number of fused-ring (bicyclic) bond motifs is 1. The van der Waals surface area contributed by atoms with Crippen LogP contribution in [0.25, 0.3) is 17.2 Å². The van der Waals surface area contributed by atoms with Crippen LogP contribution in [0.15, 0.2) is 84.4 Å². The molecule has 4 rings (SSSR count). The maximum atomic E-state index is 2.32. The molecule has 1 aliphatic carbocycles. The van der Waals surface area contributed by atoms with Gasteiger partial charge in [0.2, 0.25) is 0 Å². The van der Waals surface area contributed by atoms with Crippen molar-refractivity contribution in [2.75, 3.05) is 0 Å². The summed E-state index contributed by atoms with van der Waals surface area (Å²) in [6.45, 7) is 2.24. The zero-order chi connectivity index (χ0) is 14.9. The van der Waals surface area contributed by atoms with Crippen LogP contribution in [0.2, 0.25) is 0 Å². The van der Waals surface area contributed by atoms with Crippen LogP contribution in [-0.4, -0.2) is 0 Å². The Kier molecular flexibility index (Phi) is 3.16. The summed E-state index contributed by atoms with van der Waals surface area (Å²) in [5, 5.41) is 0. The minimum Gasteiger partial charge on any atom is -0.0622 e. The third kappa shape index (κ3) is 2.08. The van der Waals surface area contributed by atoms with E-state index >= 15 is 0 Å². The summed E-state index contributed by atoms with van der Waals surface area (Å²) in [6.07, 6.45) is 2.32. The Bertz CT molecular complexity index is 841. The first-order valence-corrected chi connectivity index (χ1v) is 7.76. The lowest BCUT2D eigenvalue weighted by Crippen LogP contribution is -2.01. The standard InChI is InChI=1S/C22H18/c1-16-15-18-11-5-6-13-20(18)22(16)21-14-8-7-12-19(21)17-9-3-2-4-10-17/h2-15,22H,1H3. The lowest BCUT2D eigenvalue weighted by Gasteiger charge is -2.19. The summed E-state index contributed by atoms with van der Waals surface area (Å²) in [4.78, 5) is 0. The fourth-order valence-corrected chi connectivity index (χ4v) is 3.52. The SMILES string of the molecule is CC1=Cc2ccccc2C1c1ccccc1-c1ccccc1. The second-order valence-corrected chi connectivity index (χ2v) is 5.90. The topological polar surface area (TPSA) is 0 Å². The van der Waals surface area contributed by atoms with Gasteiger partial charge in [-0.05, 0) is 34.7 Å². The van der Waals surface area contributed by atoms with E-state index < -0.39 is 0 Å². The summed E-state index contributed by atoms with van der Waals surface area (Å²) >= 11 is 0. The maximum absolute atomic E-state index is 2.32. The molecule has 0 N–H and O–H groups in total. The van der Waals surface area contributed by atoms with E-state index in [1.807, 2.05) is 0 Å². The molecule has 3 aromatic rings. The molecule has 0 nitrogen and oxygen atoms in total. The first kappa shape index (κ1) is 13.1. The monoisotopic (exact) mass is 282 g/mol. The van der Waals surface area contributed by atoms with E-state index in [9.17, 15) is 0 Å². The van der Waals surface area contributed by atoms with Crippen LogP contribution in [0.3, 0.4) is 0 Å². The number of hydrogen-bond acceptors (Lipinski definition) is 0. The minimum absolute atomic E-state index is 0.368. The fourth-order valence-electron chi connectivity index (χ4n) is 3.52. The highest BCUT2D eigenvalue weighted by Gasteiger charge is 2.25. The molecule has 0 bridgehead atoms. The zero-order valence-corrected chi connectivity index (χ0v) is 12.7. The molecule has 0 fully saturated rings. The van der Waals surface area contributed by atoms with Crippen molar-refractivity contribution in [1.29, 1.82) is 0 Å². The van der Waals surface area contributed by atoms with Crippen molar-refractivity contribution in [2.45, 2.75) is 12.8 Å². The molecule has 0 saturated carbocycles. The Morgan fingerprint density at radius 3 is 2.09 bits per heavy atom. The van der Waals surface area contributed by atoms with Gasteiger partial charge in [0.1, 0.15) is 0 Å². The average molecular weight is 282 g/mol. The molecule has 3 aromatic carbocycles. The van der Waals surface area contributed by atoms with Crippen molar-refractivity contribution < 1.29 is 0 Å². The van der Waals surface area contributed by atoms with Crippen LogP contribution >= 0.6 is 0 Å². The van der Waals surface area contributed by atoms with Gasteiger partial charge in [0, 0.05) is 5.92 Å². The highest BCUT2D eigenvalue weighted by atomic mass is 14.3. The Balaban J connectivity index is 1.90. The summed E-state index contributed by atoms with van der Waals surface area (Å²) in [5.41, 5.74) is 8.21. The Morgan fingerprint density at radius 2 is 1.27 bits per heavy atom. The summed E-state index contributed by atoms with van der Waals surface area (Å²) in [7, 11) is 0. The highest BCUT2D eigenvalue weighted by molar-refractivity contribution is 5.75.